The molecule has 0 heterocycles. The van der Waals surface area contributed by atoms with Crippen LogP contribution >= 0.6 is 0 Å². The lowest BCUT2D eigenvalue weighted by Crippen LogP contribution is -2.49. The predicted octanol–water partition coefficient (Wildman–Crippen LogP) is 1.65. The summed E-state index contributed by atoms with van der Waals surface area (Å²) in [5, 5.41) is 2.37. The van der Waals surface area contributed by atoms with Gasteiger partial charge in [-0.25, -0.2) is 13.2 Å². The van der Waals surface area contributed by atoms with E-state index in [4.69, 9.17) is 4.74 Å². The van der Waals surface area contributed by atoms with E-state index in [9.17, 15) is 18.0 Å². The Kier molecular flexibility index (Phi) is 7.16. The lowest BCUT2D eigenvalue weighted by molar-refractivity contribution is -0.142. The minimum atomic E-state index is -4.00. The number of rotatable bonds is 6. The van der Waals surface area contributed by atoms with Crippen molar-refractivity contribution in [1.29, 1.82) is 0 Å². The van der Waals surface area contributed by atoms with Gasteiger partial charge in [0.15, 0.2) is 0 Å². The molecule has 0 bridgehead atoms. The molecule has 1 aromatic carbocycles. The summed E-state index contributed by atoms with van der Waals surface area (Å²) < 4.78 is 37.4. The van der Waals surface area contributed by atoms with Gasteiger partial charge in [0.25, 0.3) is 0 Å². The van der Waals surface area contributed by atoms with Gasteiger partial charge in [-0.3, -0.25) is 4.79 Å². The Morgan fingerprint density at radius 1 is 1.15 bits per heavy atom. The minimum Gasteiger partial charge on any atom is -0.468 e. The van der Waals surface area contributed by atoms with Gasteiger partial charge in [-0.2, -0.15) is 4.72 Å². The predicted molar refractivity (Wildman–Crippen MR) is 96.3 cm³/mol. The normalized spacial score (nSPS) is 13.0. The molecule has 1 aromatic rings. The smallest absolute Gasteiger partial charge is 0.407 e. The molecule has 26 heavy (non-hydrogen) atoms. The van der Waals surface area contributed by atoms with Gasteiger partial charge in [-0.15, -0.1) is 0 Å². The lowest BCUT2D eigenvalue weighted by atomic mass is 10.2. The molecule has 1 rings (SSSR count). The summed E-state index contributed by atoms with van der Waals surface area (Å²) in [6, 6.07) is 3.77. The van der Waals surface area contributed by atoms with Crippen molar-refractivity contribution < 1.29 is 27.5 Å². The fourth-order valence-corrected chi connectivity index (χ4v) is 3.94. The summed E-state index contributed by atoms with van der Waals surface area (Å²) in [5.41, 5.74) is 0.366. The Hall–Kier alpha value is -2.13. The van der Waals surface area contributed by atoms with Crippen molar-refractivity contribution in [2.75, 3.05) is 13.7 Å². The van der Waals surface area contributed by atoms with Crippen molar-refractivity contribution >= 4 is 22.1 Å². The number of carbonyl (C=O) groups excluding carboxylic acids is 2. The molecule has 9 heteroatoms. The Morgan fingerprint density at radius 2 is 1.69 bits per heavy atom. The van der Waals surface area contributed by atoms with E-state index in [1.165, 1.54) is 0 Å². The van der Waals surface area contributed by atoms with E-state index in [0.29, 0.717) is 11.1 Å². The third-order valence-corrected chi connectivity index (χ3v) is 5.09. The van der Waals surface area contributed by atoms with Crippen molar-refractivity contribution in [1.82, 2.24) is 10.0 Å². The van der Waals surface area contributed by atoms with Gasteiger partial charge in [0.2, 0.25) is 10.0 Å². The van der Waals surface area contributed by atoms with E-state index >= 15 is 0 Å². The van der Waals surface area contributed by atoms with Crippen molar-refractivity contribution in [2.45, 2.75) is 51.2 Å². The van der Waals surface area contributed by atoms with Crippen LogP contribution in [0.4, 0.5) is 4.79 Å². The first-order valence-electron chi connectivity index (χ1n) is 8.00. The highest BCUT2D eigenvalue weighted by Crippen LogP contribution is 2.19. The average Bonchev–Trinajstić information content (AvgIpc) is 2.48. The van der Waals surface area contributed by atoms with Gasteiger partial charge in [0.05, 0.1) is 12.0 Å². The second kappa shape index (κ2) is 8.50. The summed E-state index contributed by atoms with van der Waals surface area (Å²) in [7, 11) is -2.87. The van der Waals surface area contributed by atoms with E-state index in [0.717, 1.165) is 7.11 Å². The molecular formula is C17H26N2O6S. The van der Waals surface area contributed by atoms with Crippen LogP contribution in [0.3, 0.4) is 0 Å². The number of methoxy groups -OCH3 is 1. The van der Waals surface area contributed by atoms with Gasteiger partial charge in [0, 0.05) is 6.54 Å². The zero-order valence-corrected chi connectivity index (χ0v) is 16.7. The third-order valence-electron chi connectivity index (χ3n) is 3.31. The first kappa shape index (κ1) is 21.9. The Bertz CT molecular complexity index is 748. The molecule has 0 aliphatic heterocycles. The largest absolute Gasteiger partial charge is 0.468 e. The fourth-order valence-electron chi connectivity index (χ4n) is 2.28. The highest BCUT2D eigenvalue weighted by Gasteiger charge is 2.29. The van der Waals surface area contributed by atoms with E-state index in [-0.39, 0.29) is 11.4 Å². The number of ether oxygens (including phenoxy) is 2. The summed E-state index contributed by atoms with van der Waals surface area (Å²) in [6.07, 6.45) is -0.766. The number of benzene rings is 1. The molecule has 0 saturated heterocycles. The maximum atomic E-state index is 12.7. The molecule has 1 atom stereocenters. The monoisotopic (exact) mass is 386 g/mol. The van der Waals surface area contributed by atoms with Gasteiger partial charge < -0.3 is 14.8 Å². The summed E-state index contributed by atoms with van der Waals surface area (Å²) in [6.45, 7) is 8.07. The SMILES string of the molecule is COC(=O)C(CNC(=O)OC(C)(C)C)NS(=O)(=O)c1c(C)cccc1C. The van der Waals surface area contributed by atoms with Crippen LogP contribution in [0.1, 0.15) is 31.9 Å². The van der Waals surface area contributed by atoms with Crippen molar-refractivity contribution in [3.05, 3.63) is 29.3 Å². The molecule has 0 aliphatic rings. The number of aryl methyl sites for hydroxylation is 2. The van der Waals surface area contributed by atoms with Gasteiger partial charge in [-0.05, 0) is 45.7 Å². The van der Waals surface area contributed by atoms with E-state index in [1.807, 2.05) is 0 Å². The zero-order chi connectivity index (χ0) is 20.1. The van der Waals surface area contributed by atoms with Crippen molar-refractivity contribution in [3.8, 4) is 0 Å². The Morgan fingerprint density at radius 3 is 2.15 bits per heavy atom. The Balaban J connectivity index is 2.98. The van der Waals surface area contributed by atoms with E-state index < -0.39 is 33.7 Å². The highest BCUT2D eigenvalue weighted by molar-refractivity contribution is 7.89. The number of carbonyl (C=O) groups is 2. The van der Waals surface area contributed by atoms with Crippen LogP contribution in [-0.2, 0) is 24.3 Å². The molecule has 8 nitrogen and oxygen atoms in total. The first-order chi connectivity index (χ1) is 11.9. The molecule has 0 spiro atoms. The molecule has 0 aliphatic carbocycles. The third kappa shape index (κ3) is 6.30. The van der Waals surface area contributed by atoms with E-state index in [1.54, 1.807) is 52.8 Å². The molecule has 2 N–H and O–H groups in total. The first-order valence-corrected chi connectivity index (χ1v) is 9.49. The average molecular weight is 386 g/mol. The minimum absolute atomic E-state index is 0.0890. The van der Waals surface area contributed by atoms with Crippen LogP contribution < -0.4 is 10.0 Å². The highest BCUT2D eigenvalue weighted by atomic mass is 32.2. The number of alkyl carbamates (subject to hydrolysis) is 1. The quantitative estimate of drug-likeness (QED) is 0.719. The van der Waals surface area contributed by atoms with Crippen LogP contribution in [-0.4, -0.2) is 45.8 Å². The number of nitrogens with one attached hydrogen (secondary N) is 2. The van der Waals surface area contributed by atoms with Crippen molar-refractivity contribution in [3.63, 3.8) is 0 Å². The molecule has 1 unspecified atom stereocenters. The number of esters is 1. The summed E-state index contributed by atoms with van der Waals surface area (Å²) >= 11 is 0. The molecule has 0 aromatic heterocycles. The molecule has 0 radical (unpaired) electrons. The number of hydrogen-bond acceptors (Lipinski definition) is 6. The standard InChI is InChI=1S/C17H26N2O6S/c1-11-8-7-9-12(2)14(11)26(22,23)19-13(15(20)24-6)10-18-16(21)25-17(3,4)5/h7-9,13,19H,10H2,1-6H3,(H,18,21). The molecule has 0 saturated carbocycles. The summed E-state index contributed by atoms with van der Waals surface area (Å²) in [4.78, 5) is 23.8. The lowest BCUT2D eigenvalue weighted by Gasteiger charge is -2.22. The zero-order valence-electron chi connectivity index (χ0n) is 15.9. The Labute approximate surface area is 154 Å². The van der Waals surface area contributed by atoms with Gasteiger partial charge in [0.1, 0.15) is 11.6 Å². The van der Waals surface area contributed by atoms with Gasteiger partial charge in [-0.1, -0.05) is 18.2 Å². The van der Waals surface area contributed by atoms with Crippen LogP contribution in [0.15, 0.2) is 23.1 Å². The maximum absolute atomic E-state index is 12.7. The van der Waals surface area contributed by atoms with Gasteiger partial charge >= 0.3 is 12.1 Å². The second-order valence-corrected chi connectivity index (χ2v) is 8.45. The van der Waals surface area contributed by atoms with Crippen LogP contribution in [0.5, 0.6) is 0 Å². The fraction of sp³-hybridized carbons (Fsp3) is 0.529. The topological polar surface area (TPSA) is 111 Å². The molecular weight excluding hydrogens is 360 g/mol. The second-order valence-electron chi connectivity index (χ2n) is 6.80. The molecule has 1 amide bonds. The number of hydrogen-bond donors (Lipinski definition) is 2. The summed E-state index contributed by atoms with van der Waals surface area (Å²) in [5.74, 6) is -0.823. The number of amides is 1. The van der Waals surface area contributed by atoms with Crippen LogP contribution in [0, 0.1) is 13.8 Å². The molecule has 0 fully saturated rings. The number of sulfonamides is 1. The van der Waals surface area contributed by atoms with Crippen molar-refractivity contribution in [2.24, 2.45) is 0 Å². The van der Waals surface area contributed by atoms with Crippen LogP contribution in [0.25, 0.3) is 0 Å². The van der Waals surface area contributed by atoms with Crippen LogP contribution in [0.2, 0.25) is 0 Å². The maximum Gasteiger partial charge on any atom is 0.407 e. The molecule has 146 valence electrons. The van der Waals surface area contributed by atoms with E-state index in [2.05, 4.69) is 14.8 Å².